The highest BCUT2D eigenvalue weighted by Gasteiger charge is 2.22. The number of ether oxygens (including phenoxy) is 1. The molecule has 0 amide bonds. The first-order valence-electron chi connectivity index (χ1n) is 5.25. The van der Waals surface area contributed by atoms with Crippen molar-refractivity contribution < 1.29 is 4.74 Å². The second-order valence-corrected chi connectivity index (χ2v) is 3.82. The van der Waals surface area contributed by atoms with Crippen LogP contribution >= 0.6 is 0 Å². The molecular formula is C11H10N4O. The lowest BCUT2D eigenvalue weighted by atomic mass is 10.2. The molecule has 2 aromatic rings. The van der Waals surface area contributed by atoms with E-state index in [1.807, 2.05) is 4.40 Å². The van der Waals surface area contributed by atoms with Gasteiger partial charge in [-0.3, -0.25) is 4.40 Å². The fraction of sp³-hybridized carbons (Fsp3) is 0.364. The zero-order valence-electron chi connectivity index (χ0n) is 8.63. The summed E-state index contributed by atoms with van der Waals surface area (Å²) >= 11 is 0. The zero-order chi connectivity index (χ0) is 11.0. The van der Waals surface area contributed by atoms with Gasteiger partial charge in [-0.15, -0.1) is 10.2 Å². The molecule has 1 aliphatic heterocycles. The van der Waals surface area contributed by atoms with Gasteiger partial charge in [0.05, 0.1) is 5.56 Å². The van der Waals surface area contributed by atoms with Crippen molar-refractivity contribution in [3.05, 3.63) is 29.7 Å². The third-order valence-corrected chi connectivity index (χ3v) is 2.78. The Bertz CT molecular complexity index is 563. The number of aromatic nitrogens is 3. The molecule has 3 rings (SSSR count). The molecule has 5 heteroatoms. The van der Waals surface area contributed by atoms with Crippen molar-refractivity contribution in [3.8, 4) is 6.07 Å². The van der Waals surface area contributed by atoms with Crippen LogP contribution in [-0.2, 0) is 4.74 Å². The Kier molecular flexibility index (Phi) is 2.08. The standard InChI is InChI=1S/C11H10N4O/c12-6-8-3-4-10-13-14-11(15(10)7-8)9-2-1-5-16-9/h3-4,7,9H,1-2,5H2. The van der Waals surface area contributed by atoms with Gasteiger partial charge in [0.2, 0.25) is 0 Å². The van der Waals surface area contributed by atoms with Crippen LogP contribution in [0, 0.1) is 11.3 Å². The van der Waals surface area contributed by atoms with Gasteiger partial charge in [-0.05, 0) is 25.0 Å². The summed E-state index contributed by atoms with van der Waals surface area (Å²) in [7, 11) is 0. The van der Waals surface area contributed by atoms with Crippen molar-refractivity contribution in [1.29, 1.82) is 5.26 Å². The summed E-state index contributed by atoms with van der Waals surface area (Å²) in [5, 5.41) is 17.0. The number of hydrogen-bond acceptors (Lipinski definition) is 4. The predicted molar refractivity (Wildman–Crippen MR) is 55.6 cm³/mol. The summed E-state index contributed by atoms with van der Waals surface area (Å²) < 4.78 is 7.41. The van der Waals surface area contributed by atoms with Crippen LogP contribution in [0.4, 0.5) is 0 Å². The minimum Gasteiger partial charge on any atom is -0.370 e. The summed E-state index contributed by atoms with van der Waals surface area (Å²) in [6.07, 6.45) is 3.80. The number of fused-ring (bicyclic) bond motifs is 1. The van der Waals surface area contributed by atoms with Gasteiger partial charge in [0.1, 0.15) is 12.2 Å². The molecule has 80 valence electrons. The van der Waals surface area contributed by atoms with E-state index in [0.717, 1.165) is 30.9 Å². The fourth-order valence-electron chi connectivity index (χ4n) is 1.98. The molecule has 0 bridgehead atoms. The first-order valence-corrected chi connectivity index (χ1v) is 5.25. The molecule has 1 fully saturated rings. The highest BCUT2D eigenvalue weighted by atomic mass is 16.5. The molecular weight excluding hydrogens is 204 g/mol. The Morgan fingerprint density at radius 1 is 1.44 bits per heavy atom. The van der Waals surface area contributed by atoms with E-state index in [1.165, 1.54) is 0 Å². The summed E-state index contributed by atoms with van der Waals surface area (Å²) in [6, 6.07) is 5.64. The van der Waals surface area contributed by atoms with Gasteiger partial charge in [0, 0.05) is 12.8 Å². The topological polar surface area (TPSA) is 63.2 Å². The van der Waals surface area contributed by atoms with Crippen LogP contribution in [0.25, 0.3) is 5.65 Å². The summed E-state index contributed by atoms with van der Waals surface area (Å²) in [4.78, 5) is 0. The van der Waals surface area contributed by atoms with Gasteiger partial charge < -0.3 is 4.74 Å². The van der Waals surface area contributed by atoms with Crippen molar-refractivity contribution in [2.75, 3.05) is 6.61 Å². The fourth-order valence-corrected chi connectivity index (χ4v) is 1.98. The molecule has 1 unspecified atom stereocenters. The molecule has 1 atom stereocenters. The summed E-state index contributed by atoms with van der Waals surface area (Å²) in [6.45, 7) is 0.775. The van der Waals surface area contributed by atoms with Crippen molar-refractivity contribution in [2.45, 2.75) is 18.9 Å². The first-order chi connectivity index (χ1) is 7.88. The van der Waals surface area contributed by atoms with E-state index in [0.29, 0.717) is 5.56 Å². The maximum absolute atomic E-state index is 8.86. The number of nitriles is 1. The van der Waals surface area contributed by atoms with Gasteiger partial charge in [-0.2, -0.15) is 5.26 Å². The second kappa shape index (κ2) is 3.58. The van der Waals surface area contributed by atoms with E-state index in [2.05, 4.69) is 16.3 Å². The number of pyridine rings is 1. The Balaban J connectivity index is 2.14. The van der Waals surface area contributed by atoms with Crippen LogP contribution in [0.2, 0.25) is 0 Å². The SMILES string of the molecule is N#Cc1ccc2nnc(C3CCCO3)n2c1. The first kappa shape index (κ1) is 9.31. The van der Waals surface area contributed by atoms with Crippen LogP contribution in [0.1, 0.15) is 30.3 Å². The molecule has 0 N–H and O–H groups in total. The molecule has 0 aromatic carbocycles. The van der Waals surface area contributed by atoms with Crippen LogP contribution in [0.5, 0.6) is 0 Å². The van der Waals surface area contributed by atoms with E-state index in [9.17, 15) is 0 Å². The highest BCUT2D eigenvalue weighted by Crippen LogP contribution is 2.27. The van der Waals surface area contributed by atoms with Gasteiger partial charge in [0.15, 0.2) is 11.5 Å². The lowest BCUT2D eigenvalue weighted by Crippen LogP contribution is -2.02. The van der Waals surface area contributed by atoms with E-state index >= 15 is 0 Å². The average molecular weight is 214 g/mol. The lowest BCUT2D eigenvalue weighted by Gasteiger charge is -2.06. The number of hydrogen-bond donors (Lipinski definition) is 0. The largest absolute Gasteiger partial charge is 0.370 e. The Hall–Kier alpha value is -1.93. The third kappa shape index (κ3) is 1.35. The second-order valence-electron chi connectivity index (χ2n) is 3.82. The third-order valence-electron chi connectivity index (χ3n) is 2.78. The molecule has 0 saturated carbocycles. The normalized spacial score (nSPS) is 20.1. The Labute approximate surface area is 92.3 Å². The van der Waals surface area contributed by atoms with Crippen molar-refractivity contribution in [3.63, 3.8) is 0 Å². The summed E-state index contributed by atoms with van der Waals surface area (Å²) in [5.74, 6) is 0.796. The summed E-state index contributed by atoms with van der Waals surface area (Å²) in [5.41, 5.74) is 1.36. The minimum atomic E-state index is 0.0175. The van der Waals surface area contributed by atoms with Gasteiger partial charge in [-0.1, -0.05) is 0 Å². The molecule has 16 heavy (non-hydrogen) atoms. The Morgan fingerprint density at radius 3 is 3.12 bits per heavy atom. The number of nitrogens with zero attached hydrogens (tertiary/aromatic N) is 4. The molecule has 0 aliphatic carbocycles. The van der Waals surface area contributed by atoms with Crippen LogP contribution < -0.4 is 0 Å². The lowest BCUT2D eigenvalue weighted by molar-refractivity contribution is 0.104. The highest BCUT2D eigenvalue weighted by molar-refractivity contribution is 5.42. The molecule has 5 nitrogen and oxygen atoms in total. The Morgan fingerprint density at radius 2 is 2.38 bits per heavy atom. The molecule has 1 saturated heterocycles. The molecule has 1 aliphatic rings. The number of rotatable bonds is 1. The van der Waals surface area contributed by atoms with Crippen molar-refractivity contribution in [2.24, 2.45) is 0 Å². The molecule has 3 heterocycles. The quantitative estimate of drug-likeness (QED) is 0.720. The predicted octanol–water partition coefficient (Wildman–Crippen LogP) is 1.45. The van der Waals surface area contributed by atoms with E-state index < -0.39 is 0 Å². The maximum Gasteiger partial charge on any atom is 0.166 e. The van der Waals surface area contributed by atoms with Gasteiger partial charge >= 0.3 is 0 Å². The van der Waals surface area contributed by atoms with Gasteiger partial charge in [0.25, 0.3) is 0 Å². The average Bonchev–Trinajstić information content (AvgIpc) is 2.96. The van der Waals surface area contributed by atoms with Crippen LogP contribution in [-0.4, -0.2) is 21.2 Å². The van der Waals surface area contributed by atoms with Crippen molar-refractivity contribution >= 4 is 5.65 Å². The molecule has 0 radical (unpaired) electrons. The zero-order valence-corrected chi connectivity index (χ0v) is 8.63. The minimum absolute atomic E-state index is 0.0175. The maximum atomic E-state index is 8.86. The molecule has 2 aromatic heterocycles. The van der Waals surface area contributed by atoms with E-state index in [1.54, 1.807) is 18.3 Å². The molecule has 0 spiro atoms. The monoisotopic (exact) mass is 214 g/mol. The van der Waals surface area contributed by atoms with Gasteiger partial charge in [-0.25, -0.2) is 0 Å². The van der Waals surface area contributed by atoms with Crippen LogP contribution in [0.15, 0.2) is 18.3 Å². The van der Waals surface area contributed by atoms with E-state index in [-0.39, 0.29) is 6.10 Å². The smallest absolute Gasteiger partial charge is 0.166 e. The van der Waals surface area contributed by atoms with Crippen molar-refractivity contribution in [1.82, 2.24) is 14.6 Å². The van der Waals surface area contributed by atoms with Crippen LogP contribution in [0.3, 0.4) is 0 Å². The van der Waals surface area contributed by atoms with E-state index in [4.69, 9.17) is 10.00 Å².